The van der Waals surface area contributed by atoms with Crippen LogP contribution in [-0.4, -0.2) is 36.9 Å². The highest BCUT2D eigenvalue weighted by atomic mass is 35.5. The number of thiophene rings is 1. The third-order valence-corrected chi connectivity index (χ3v) is 4.09. The maximum absolute atomic E-state index is 11.9. The van der Waals surface area contributed by atoms with Crippen molar-refractivity contribution in [3.05, 3.63) is 21.3 Å². The zero-order valence-electron chi connectivity index (χ0n) is 11.2. The summed E-state index contributed by atoms with van der Waals surface area (Å²) >= 11 is 7.33. The van der Waals surface area contributed by atoms with Crippen molar-refractivity contribution in [2.24, 2.45) is 0 Å². The molecule has 19 heavy (non-hydrogen) atoms. The van der Waals surface area contributed by atoms with Gasteiger partial charge in [-0.05, 0) is 31.9 Å². The van der Waals surface area contributed by atoms with Gasteiger partial charge in [-0.3, -0.25) is 4.79 Å². The van der Waals surface area contributed by atoms with E-state index in [9.17, 15) is 4.79 Å². The average Bonchev–Trinajstić information content (AvgIpc) is 2.73. The van der Waals surface area contributed by atoms with E-state index in [2.05, 4.69) is 5.32 Å². The van der Waals surface area contributed by atoms with Crippen molar-refractivity contribution >= 4 is 28.8 Å². The Labute approximate surface area is 122 Å². The van der Waals surface area contributed by atoms with Gasteiger partial charge in [-0.15, -0.1) is 11.3 Å². The first kappa shape index (κ1) is 16.4. The summed E-state index contributed by atoms with van der Waals surface area (Å²) in [5.41, 5.74) is -0.520. The molecule has 0 saturated carbocycles. The highest BCUT2D eigenvalue weighted by Gasteiger charge is 2.25. The number of methoxy groups -OCH3 is 1. The van der Waals surface area contributed by atoms with Gasteiger partial charge in [0.25, 0.3) is 0 Å². The molecule has 0 aliphatic carbocycles. The molecule has 0 radical (unpaired) electrons. The number of rotatable bonds is 8. The smallest absolute Gasteiger partial charge is 0.220 e. The highest BCUT2D eigenvalue weighted by molar-refractivity contribution is 7.16. The summed E-state index contributed by atoms with van der Waals surface area (Å²) in [6, 6.07) is 3.77. The van der Waals surface area contributed by atoms with Crippen LogP contribution in [0.5, 0.6) is 0 Å². The lowest BCUT2D eigenvalue weighted by atomic mass is 9.99. The van der Waals surface area contributed by atoms with E-state index < -0.39 is 5.54 Å². The van der Waals surface area contributed by atoms with Gasteiger partial charge in [0, 0.05) is 25.0 Å². The molecule has 0 aliphatic rings. The van der Waals surface area contributed by atoms with Gasteiger partial charge >= 0.3 is 0 Å². The standard InChI is InChI=1S/C13H20ClNO3S/c1-13(7-8-16,9-18-2)15-12(17)6-4-10-3-5-11(14)19-10/h3,5,16H,4,6-9H2,1-2H3,(H,15,17). The van der Waals surface area contributed by atoms with Crippen molar-refractivity contribution in [2.45, 2.75) is 31.7 Å². The summed E-state index contributed by atoms with van der Waals surface area (Å²) in [5, 5.41) is 12.0. The van der Waals surface area contributed by atoms with Gasteiger partial charge in [0.05, 0.1) is 16.5 Å². The van der Waals surface area contributed by atoms with Crippen LogP contribution in [0, 0.1) is 0 Å². The average molecular weight is 306 g/mol. The van der Waals surface area contributed by atoms with E-state index in [1.807, 2.05) is 19.1 Å². The Bertz CT molecular complexity index is 402. The Hall–Kier alpha value is -0.620. The van der Waals surface area contributed by atoms with Crippen LogP contribution in [-0.2, 0) is 16.0 Å². The molecule has 0 aliphatic heterocycles. The second-order valence-corrected chi connectivity index (χ2v) is 6.52. The largest absolute Gasteiger partial charge is 0.396 e. The van der Waals surface area contributed by atoms with Crippen molar-refractivity contribution in [3.63, 3.8) is 0 Å². The fourth-order valence-corrected chi connectivity index (χ4v) is 2.95. The molecule has 1 heterocycles. The SMILES string of the molecule is COCC(C)(CCO)NC(=O)CCc1ccc(Cl)s1. The fourth-order valence-electron chi connectivity index (χ4n) is 1.86. The topological polar surface area (TPSA) is 58.6 Å². The molecule has 0 bridgehead atoms. The zero-order valence-corrected chi connectivity index (χ0v) is 12.8. The normalized spacial score (nSPS) is 14.1. The second kappa shape index (κ2) is 7.85. The number of aliphatic hydroxyl groups is 1. The number of halogens is 1. The first-order valence-corrected chi connectivity index (χ1v) is 7.33. The fraction of sp³-hybridized carbons (Fsp3) is 0.615. The van der Waals surface area contributed by atoms with Gasteiger partial charge in [-0.2, -0.15) is 0 Å². The first-order chi connectivity index (χ1) is 8.99. The number of aryl methyl sites for hydroxylation is 1. The summed E-state index contributed by atoms with van der Waals surface area (Å²) in [6.07, 6.45) is 1.55. The van der Waals surface area contributed by atoms with E-state index in [1.54, 1.807) is 7.11 Å². The van der Waals surface area contributed by atoms with Gasteiger partial charge in [0.1, 0.15) is 0 Å². The van der Waals surface area contributed by atoms with E-state index in [0.717, 1.165) is 9.21 Å². The Balaban J connectivity index is 2.44. The third-order valence-electron chi connectivity index (χ3n) is 2.80. The molecule has 1 rings (SSSR count). The molecule has 1 aromatic heterocycles. The van der Waals surface area contributed by atoms with E-state index in [-0.39, 0.29) is 12.5 Å². The molecule has 108 valence electrons. The molecule has 1 aromatic rings. The van der Waals surface area contributed by atoms with E-state index >= 15 is 0 Å². The molecule has 0 spiro atoms. The lowest BCUT2D eigenvalue weighted by molar-refractivity contribution is -0.123. The molecule has 2 N–H and O–H groups in total. The van der Waals surface area contributed by atoms with Crippen LogP contribution in [0.3, 0.4) is 0 Å². The highest BCUT2D eigenvalue weighted by Crippen LogP contribution is 2.22. The van der Waals surface area contributed by atoms with Crippen LogP contribution in [0.25, 0.3) is 0 Å². The number of aliphatic hydroxyl groups excluding tert-OH is 1. The van der Waals surface area contributed by atoms with Gasteiger partial charge in [0.2, 0.25) is 5.91 Å². The van der Waals surface area contributed by atoms with Gasteiger partial charge < -0.3 is 15.2 Å². The van der Waals surface area contributed by atoms with Crippen LogP contribution >= 0.6 is 22.9 Å². The Morgan fingerprint density at radius 3 is 2.84 bits per heavy atom. The summed E-state index contributed by atoms with van der Waals surface area (Å²) in [5.74, 6) is -0.0440. The summed E-state index contributed by atoms with van der Waals surface area (Å²) in [7, 11) is 1.58. The van der Waals surface area contributed by atoms with Gasteiger partial charge in [-0.25, -0.2) is 0 Å². The number of amides is 1. The molecular weight excluding hydrogens is 286 g/mol. The number of carbonyl (C=O) groups excluding carboxylic acids is 1. The molecule has 0 fully saturated rings. The number of hydrogen-bond donors (Lipinski definition) is 2. The second-order valence-electron chi connectivity index (χ2n) is 4.72. The van der Waals surface area contributed by atoms with Gasteiger partial charge in [0.15, 0.2) is 0 Å². The van der Waals surface area contributed by atoms with Crippen LogP contribution in [0.2, 0.25) is 4.34 Å². The summed E-state index contributed by atoms with van der Waals surface area (Å²) in [6.45, 7) is 2.26. The first-order valence-electron chi connectivity index (χ1n) is 6.14. The molecule has 0 aromatic carbocycles. The number of ether oxygens (including phenoxy) is 1. The molecule has 0 saturated heterocycles. The number of hydrogen-bond acceptors (Lipinski definition) is 4. The maximum atomic E-state index is 11.9. The van der Waals surface area contributed by atoms with Crippen molar-refractivity contribution < 1.29 is 14.6 Å². The zero-order chi connectivity index (χ0) is 14.3. The van der Waals surface area contributed by atoms with Gasteiger partial charge in [-0.1, -0.05) is 11.6 Å². The van der Waals surface area contributed by atoms with Crippen LogP contribution < -0.4 is 5.32 Å². The number of nitrogens with one attached hydrogen (secondary N) is 1. The van der Waals surface area contributed by atoms with Crippen LogP contribution in [0.15, 0.2) is 12.1 Å². The summed E-state index contributed by atoms with van der Waals surface area (Å²) in [4.78, 5) is 13.0. The minimum absolute atomic E-state index is 0.0146. The minimum atomic E-state index is -0.520. The maximum Gasteiger partial charge on any atom is 0.220 e. The third kappa shape index (κ3) is 5.91. The summed E-state index contributed by atoms with van der Waals surface area (Å²) < 4.78 is 5.82. The van der Waals surface area contributed by atoms with E-state index in [0.29, 0.717) is 25.9 Å². The minimum Gasteiger partial charge on any atom is -0.396 e. The molecule has 4 nitrogen and oxygen atoms in total. The Morgan fingerprint density at radius 1 is 1.58 bits per heavy atom. The molecule has 1 amide bonds. The molecule has 1 atom stereocenters. The lowest BCUT2D eigenvalue weighted by Crippen LogP contribution is -2.50. The Morgan fingerprint density at radius 2 is 2.32 bits per heavy atom. The quantitative estimate of drug-likeness (QED) is 0.774. The van der Waals surface area contributed by atoms with E-state index in [4.69, 9.17) is 21.4 Å². The van der Waals surface area contributed by atoms with Crippen LogP contribution in [0.1, 0.15) is 24.6 Å². The van der Waals surface area contributed by atoms with E-state index in [1.165, 1.54) is 11.3 Å². The monoisotopic (exact) mass is 305 g/mol. The molecular formula is C13H20ClNO3S. The van der Waals surface area contributed by atoms with Crippen molar-refractivity contribution in [1.82, 2.24) is 5.32 Å². The Kier molecular flexibility index (Phi) is 6.79. The van der Waals surface area contributed by atoms with Crippen molar-refractivity contribution in [3.8, 4) is 0 Å². The van der Waals surface area contributed by atoms with Crippen molar-refractivity contribution in [1.29, 1.82) is 0 Å². The number of carbonyl (C=O) groups is 1. The van der Waals surface area contributed by atoms with Crippen LogP contribution in [0.4, 0.5) is 0 Å². The van der Waals surface area contributed by atoms with Crippen molar-refractivity contribution in [2.75, 3.05) is 20.3 Å². The predicted octanol–water partition coefficient (Wildman–Crippen LogP) is 2.24. The molecule has 6 heteroatoms. The molecule has 1 unspecified atom stereocenters. The predicted molar refractivity (Wildman–Crippen MR) is 77.8 cm³/mol. The lowest BCUT2D eigenvalue weighted by Gasteiger charge is -2.29.